The molecule has 0 spiro atoms. The molecule has 1 heterocycles. The summed E-state index contributed by atoms with van der Waals surface area (Å²) in [5.41, 5.74) is 0. The number of ether oxygens (including phenoxy) is 1. The lowest BCUT2D eigenvalue weighted by Crippen LogP contribution is -2.42. The molecule has 3 atom stereocenters. The molecule has 3 N–H and O–H groups in total. The third-order valence-corrected chi connectivity index (χ3v) is 1.65. The predicted molar refractivity (Wildman–Crippen MR) is 33.5 cm³/mol. The first-order valence-corrected chi connectivity index (χ1v) is 3.32. The fraction of sp³-hybridized carbons (Fsp3) is 1.00. The van der Waals surface area contributed by atoms with Crippen LogP contribution in [0.5, 0.6) is 0 Å². The van der Waals surface area contributed by atoms with Gasteiger partial charge < -0.3 is 20.1 Å². The topological polar surface area (TPSA) is 69.9 Å². The van der Waals surface area contributed by atoms with E-state index in [0.29, 0.717) is 6.42 Å². The molecule has 1 fully saturated rings. The second-order valence-corrected chi connectivity index (χ2v) is 2.51. The fourth-order valence-electron chi connectivity index (χ4n) is 0.967. The van der Waals surface area contributed by atoms with Crippen LogP contribution in [0.1, 0.15) is 6.42 Å². The quantitative estimate of drug-likeness (QED) is 0.423. The van der Waals surface area contributed by atoms with Crippen LogP contribution in [0.4, 0.5) is 0 Å². The third kappa shape index (κ3) is 1.67. The van der Waals surface area contributed by atoms with Gasteiger partial charge in [-0.1, -0.05) is 0 Å². The van der Waals surface area contributed by atoms with Crippen molar-refractivity contribution in [2.24, 2.45) is 0 Å². The first kappa shape index (κ1) is 7.94. The minimum Gasteiger partial charge on any atom is -0.394 e. The molecule has 0 aromatic rings. The van der Waals surface area contributed by atoms with Gasteiger partial charge in [0.05, 0.1) is 25.4 Å². The van der Waals surface area contributed by atoms with E-state index in [0.717, 1.165) is 0 Å². The Kier molecular flexibility index (Phi) is 2.62. The van der Waals surface area contributed by atoms with Crippen LogP contribution in [0, 0.1) is 0 Å². The van der Waals surface area contributed by atoms with Crippen LogP contribution in [0.25, 0.3) is 0 Å². The van der Waals surface area contributed by atoms with E-state index in [4.69, 9.17) is 20.1 Å². The van der Waals surface area contributed by atoms with Gasteiger partial charge in [-0.05, 0) is 0 Å². The molecular formula is C6H12O4. The molecule has 1 unspecified atom stereocenters. The van der Waals surface area contributed by atoms with E-state index in [-0.39, 0.29) is 19.3 Å². The zero-order valence-electron chi connectivity index (χ0n) is 5.60. The van der Waals surface area contributed by atoms with Gasteiger partial charge in [-0.2, -0.15) is 0 Å². The van der Waals surface area contributed by atoms with E-state index in [2.05, 4.69) is 0 Å². The van der Waals surface area contributed by atoms with Gasteiger partial charge in [-0.3, -0.25) is 0 Å². The van der Waals surface area contributed by atoms with Crippen LogP contribution in [0.3, 0.4) is 0 Å². The van der Waals surface area contributed by atoms with E-state index < -0.39 is 12.2 Å². The Morgan fingerprint density at radius 2 is 2.00 bits per heavy atom. The van der Waals surface area contributed by atoms with Crippen LogP contribution in [-0.4, -0.2) is 46.8 Å². The van der Waals surface area contributed by atoms with E-state index >= 15 is 0 Å². The highest BCUT2D eigenvalue weighted by atomic mass is 16.5. The summed E-state index contributed by atoms with van der Waals surface area (Å²) in [6, 6.07) is 0. The molecule has 60 valence electrons. The molecule has 0 aromatic heterocycles. The summed E-state index contributed by atoms with van der Waals surface area (Å²) in [6.07, 6.45) is -1.52. The Bertz CT molecular complexity index is 106. The van der Waals surface area contributed by atoms with Gasteiger partial charge in [-0.15, -0.1) is 0 Å². The van der Waals surface area contributed by atoms with E-state index in [9.17, 15) is 0 Å². The maximum Gasteiger partial charge on any atom is 0.103 e. The Morgan fingerprint density at radius 1 is 1.30 bits per heavy atom. The van der Waals surface area contributed by atoms with Gasteiger partial charge in [0, 0.05) is 6.42 Å². The van der Waals surface area contributed by atoms with Gasteiger partial charge in [-0.25, -0.2) is 0 Å². The van der Waals surface area contributed by atoms with Gasteiger partial charge in [0.1, 0.15) is 6.10 Å². The van der Waals surface area contributed by atoms with E-state index in [1.165, 1.54) is 0 Å². The third-order valence-electron chi connectivity index (χ3n) is 1.65. The van der Waals surface area contributed by atoms with Crippen molar-refractivity contribution in [1.29, 1.82) is 0 Å². The lowest BCUT2D eigenvalue weighted by atomic mass is 10.0. The molecule has 0 aromatic carbocycles. The lowest BCUT2D eigenvalue weighted by molar-refractivity contribution is -0.131. The molecule has 0 amide bonds. The summed E-state index contributed by atoms with van der Waals surface area (Å²) in [7, 11) is 0. The summed E-state index contributed by atoms with van der Waals surface area (Å²) in [4.78, 5) is 0. The number of aliphatic hydroxyl groups is 3. The molecule has 10 heavy (non-hydrogen) atoms. The van der Waals surface area contributed by atoms with Crippen molar-refractivity contribution in [1.82, 2.24) is 0 Å². The number of rotatable bonds is 1. The van der Waals surface area contributed by atoms with Gasteiger partial charge >= 0.3 is 0 Å². The highest BCUT2D eigenvalue weighted by molar-refractivity contribution is 4.76. The van der Waals surface area contributed by atoms with Gasteiger partial charge in [0.15, 0.2) is 0 Å². The first-order valence-electron chi connectivity index (χ1n) is 3.32. The molecule has 1 aliphatic heterocycles. The standard InChI is InChI=1S/C6H12O4/c7-2-4-1-5(8)6(9)3-10-4/h4-9H,1-3H2/t4-,5?,6-/m0/s1. The monoisotopic (exact) mass is 148 g/mol. The van der Waals surface area contributed by atoms with E-state index in [1.807, 2.05) is 0 Å². The molecule has 1 aliphatic rings. The SMILES string of the molecule is OC[C@@H]1CC(O)[C@@H](O)CO1. The number of hydrogen-bond donors (Lipinski definition) is 3. The van der Waals surface area contributed by atoms with Gasteiger partial charge in [0.25, 0.3) is 0 Å². The number of aliphatic hydroxyl groups excluding tert-OH is 3. The van der Waals surface area contributed by atoms with Crippen LogP contribution < -0.4 is 0 Å². The maximum atomic E-state index is 9.04. The van der Waals surface area contributed by atoms with Crippen LogP contribution in [0.2, 0.25) is 0 Å². The molecule has 4 nitrogen and oxygen atoms in total. The minimum atomic E-state index is -0.789. The fourth-order valence-corrected chi connectivity index (χ4v) is 0.967. The molecule has 0 aliphatic carbocycles. The smallest absolute Gasteiger partial charge is 0.103 e. The highest BCUT2D eigenvalue weighted by Gasteiger charge is 2.27. The van der Waals surface area contributed by atoms with Crippen molar-refractivity contribution < 1.29 is 20.1 Å². The van der Waals surface area contributed by atoms with Gasteiger partial charge in [0.2, 0.25) is 0 Å². The van der Waals surface area contributed by atoms with Crippen LogP contribution in [-0.2, 0) is 4.74 Å². The Labute approximate surface area is 59.1 Å². The summed E-state index contributed by atoms with van der Waals surface area (Å²) in [6.45, 7) is 0.0240. The molecule has 1 saturated heterocycles. The maximum absolute atomic E-state index is 9.04. The van der Waals surface area contributed by atoms with Crippen molar-refractivity contribution in [3.05, 3.63) is 0 Å². The van der Waals surface area contributed by atoms with Crippen molar-refractivity contribution in [3.63, 3.8) is 0 Å². The molecule has 0 bridgehead atoms. The first-order chi connectivity index (χ1) is 4.74. The second-order valence-electron chi connectivity index (χ2n) is 2.51. The molecular weight excluding hydrogens is 136 g/mol. The molecule has 4 heteroatoms. The largest absolute Gasteiger partial charge is 0.394 e. The van der Waals surface area contributed by atoms with Crippen LogP contribution >= 0.6 is 0 Å². The summed E-state index contributed by atoms with van der Waals surface area (Å²) in [5, 5.41) is 26.5. The van der Waals surface area contributed by atoms with Crippen molar-refractivity contribution in [2.45, 2.75) is 24.7 Å². The molecule has 0 radical (unpaired) electrons. The predicted octanol–water partition coefficient (Wildman–Crippen LogP) is -1.51. The second kappa shape index (κ2) is 3.30. The summed E-state index contributed by atoms with van der Waals surface area (Å²) in [5.74, 6) is 0. The molecule has 0 saturated carbocycles. The summed E-state index contributed by atoms with van der Waals surface area (Å²) >= 11 is 0. The Balaban J connectivity index is 2.33. The Morgan fingerprint density at radius 3 is 2.50 bits per heavy atom. The normalized spacial score (nSPS) is 41.7. The van der Waals surface area contributed by atoms with Crippen molar-refractivity contribution in [2.75, 3.05) is 13.2 Å². The lowest BCUT2D eigenvalue weighted by Gasteiger charge is -2.29. The number of hydrogen-bond acceptors (Lipinski definition) is 4. The van der Waals surface area contributed by atoms with Crippen molar-refractivity contribution in [3.8, 4) is 0 Å². The van der Waals surface area contributed by atoms with Crippen LogP contribution in [0.15, 0.2) is 0 Å². The summed E-state index contributed by atoms with van der Waals surface area (Å²) < 4.78 is 4.95. The van der Waals surface area contributed by atoms with Crippen molar-refractivity contribution >= 4 is 0 Å². The zero-order chi connectivity index (χ0) is 7.56. The minimum absolute atomic E-state index is 0.0935. The average Bonchev–Trinajstić information content (AvgIpc) is 1.95. The highest BCUT2D eigenvalue weighted by Crippen LogP contribution is 2.13. The van der Waals surface area contributed by atoms with E-state index in [1.54, 1.807) is 0 Å². The average molecular weight is 148 g/mol. The zero-order valence-corrected chi connectivity index (χ0v) is 5.60. The molecule has 1 rings (SSSR count). The Hall–Kier alpha value is -0.160.